The number of para-hydroxylation sites is 2. The average molecular weight is 439 g/mol. The summed E-state index contributed by atoms with van der Waals surface area (Å²) in [5.41, 5.74) is -2.29. The van der Waals surface area contributed by atoms with E-state index in [0.29, 0.717) is 16.1 Å². The minimum atomic E-state index is -4.97. The first-order chi connectivity index (χ1) is 14.2. The van der Waals surface area contributed by atoms with Crippen molar-refractivity contribution in [1.29, 1.82) is 0 Å². The van der Waals surface area contributed by atoms with Gasteiger partial charge in [0.05, 0.1) is 16.7 Å². The van der Waals surface area contributed by atoms with Crippen molar-refractivity contribution in [2.45, 2.75) is 12.6 Å². The Bertz CT molecular complexity index is 1100. The van der Waals surface area contributed by atoms with Gasteiger partial charge >= 0.3 is 6.18 Å². The second-order valence-corrected chi connectivity index (χ2v) is 6.63. The van der Waals surface area contributed by atoms with Crippen LogP contribution in [0.25, 0.3) is 5.69 Å². The number of hydrogen-bond acceptors (Lipinski definition) is 4. The maximum atomic E-state index is 13.7. The average Bonchev–Trinajstić information content (AvgIpc) is 3.13. The molecule has 0 fully saturated rings. The van der Waals surface area contributed by atoms with Crippen LogP contribution in [-0.2, 0) is 12.6 Å². The van der Waals surface area contributed by atoms with Crippen molar-refractivity contribution in [1.82, 2.24) is 15.1 Å². The number of nitro benzene ring substituents is 1. The molecule has 0 atom stereocenters. The quantitative estimate of drug-likeness (QED) is 0.455. The van der Waals surface area contributed by atoms with Crippen molar-refractivity contribution in [3.05, 3.63) is 86.7 Å². The molecule has 11 heteroatoms. The predicted octanol–water partition coefficient (Wildman–Crippen LogP) is 4.43. The zero-order valence-corrected chi connectivity index (χ0v) is 15.9. The van der Waals surface area contributed by atoms with Crippen molar-refractivity contribution >= 4 is 23.2 Å². The van der Waals surface area contributed by atoms with E-state index >= 15 is 0 Å². The first kappa shape index (κ1) is 21.3. The van der Waals surface area contributed by atoms with Gasteiger partial charge in [0.15, 0.2) is 5.69 Å². The number of benzene rings is 2. The number of nitro groups is 1. The molecule has 7 nitrogen and oxygen atoms in total. The Morgan fingerprint density at radius 2 is 1.93 bits per heavy atom. The molecule has 0 unspecified atom stereocenters. The maximum Gasteiger partial charge on any atom is 0.434 e. The van der Waals surface area contributed by atoms with Gasteiger partial charge in [0.2, 0.25) is 0 Å². The maximum absolute atomic E-state index is 13.7. The predicted molar refractivity (Wildman–Crippen MR) is 103 cm³/mol. The molecule has 2 aromatic carbocycles. The van der Waals surface area contributed by atoms with Gasteiger partial charge in [-0.05, 0) is 30.2 Å². The van der Waals surface area contributed by atoms with Gasteiger partial charge in [0.1, 0.15) is 5.69 Å². The molecule has 156 valence electrons. The standard InChI is InChI=1S/C19H14ClF3N4O3/c20-13-5-3-4-12(10-13)8-9-24-18(28)14-11-25-26(17(14)19(21,22)23)15-6-1-2-7-16(15)27(29)30/h1-7,10-11H,8-9H2,(H,24,28). The van der Waals surface area contributed by atoms with Gasteiger partial charge < -0.3 is 5.32 Å². The van der Waals surface area contributed by atoms with Gasteiger partial charge in [-0.15, -0.1) is 0 Å². The molecule has 1 aromatic heterocycles. The third kappa shape index (κ3) is 4.60. The highest BCUT2D eigenvalue weighted by Gasteiger charge is 2.41. The number of halogens is 4. The van der Waals surface area contributed by atoms with Crippen molar-refractivity contribution in [2.75, 3.05) is 6.54 Å². The van der Waals surface area contributed by atoms with Crippen LogP contribution in [0.1, 0.15) is 21.6 Å². The molecule has 0 saturated heterocycles. The van der Waals surface area contributed by atoms with Crippen LogP contribution in [0.15, 0.2) is 54.7 Å². The van der Waals surface area contributed by atoms with E-state index in [-0.39, 0.29) is 6.54 Å². The van der Waals surface area contributed by atoms with Gasteiger partial charge in [-0.3, -0.25) is 14.9 Å². The van der Waals surface area contributed by atoms with E-state index in [0.717, 1.165) is 23.9 Å². The number of alkyl halides is 3. The third-order valence-corrected chi connectivity index (χ3v) is 4.41. The van der Waals surface area contributed by atoms with Crippen LogP contribution >= 0.6 is 11.6 Å². The molecule has 1 heterocycles. The molecular weight excluding hydrogens is 425 g/mol. The lowest BCUT2D eigenvalue weighted by atomic mass is 10.1. The monoisotopic (exact) mass is 438 g/mol. The minimum absolute atomic E-state index is 0.0626. The third-order valence-electron chi connectivity index (χ3n) is 4.18. The smallest absolute Gasteiger partial charge is 0.352 e. The Labute approximate surface area is 173 Å². The number of hydrogen-bond donors (Lipinski definition) is 1. The minimum Gasteiger partial charge on any atom is -0.352 e. The number of aromatic nitrogens is 2. The number of nitrogens with one attached hydrogen (secondary N) is 1. The fourth-order valence-corrected chi connectivity index (χ4v) is 3.09. The zero-order chi connectivity index (χ0) is 21.9. The molecule has 1 amide bonds. The molecular formula is C19H14ClF3N4O3. The van der Waals surface area contributed by atoms with Gasteiger partial charge in [0, 0.05) is 17.6 Å². The highest BCUT2D eigenvalue weighted by Crippen LogP contribution is 2.35. The van der Waals surface area contributed by atoms with Gasteiger partial charge in [-0.1, -0.05) is 35.9 Å². The lowest BCUT2D eigenvalue weighted by molar-refractivity contribution is -0.384. The number of rotatable bonds is 6. The summed E-state index contributed by atoms with van der Waals surface area (Å²) < 4.78 is 41.5. The van der Waals surface area contributed by atoms with E-state index in [4.69, 9.17) is 11.6 Å². The first-order valence-corrected chi connectivity index (χ1v) is 8.98. The molecule has 1 N–H and O–H groups in total. The number of carbonyl (C=O) groups excluding carboxylic acids is 1. The molecule has 0 aliphatic carbocycles. The fraction of sp³-hybridized carbons (Fsp3) is 0.158. The topological polar surface area (TPSA) is 90.1 Å². The van der Waals surface area contributed by atoms with Crippen LogP contribution in [0.4, 0.5) is 18.9 Å². The number of nitrogens with zero attached hydrogens (tertiary/aromatic N) is 3. The van der Waals surface area contributed by atoms with Crippen LogP contribution in [0.2, 0.25) is 5.02 Å². The van der Waals surface area contributed by atoms with E-state index < -0.39 is 39.6 Å². The SMILES string of the molecule is O=C(NCCc1cccc(Cl)c1)c1cnn(-c2ccccc2[N+](=O)[O-])c1C(F)(F)F. The van der Waals surface area contributed by atoms with Gasteiger partial charge in [-0.25, -0.2) is 4.68 Å². The zero-order valence-electron chi connectivity index (χ0n) is 15.2. The summed E-state index contributed by atoms with van der Waals surface area (Å²) in [5, 5.41) is 17.7. The van der Waals surface area contributed by atoms with Crippen LogP contribution < -0.4 is 5.32 Å². The van der Waals surface area contributed by atoms with E-state index in [1.165, 1.54) is 12.1 Å². The van der Waals surface area contributed by atoms with Crippen molar-refractivity contribution < 1.29 is 22.9 Å². The Balaban J connectivity index is 1.89. The van der Waals surface area contributed by atoms with Crippen LogP contribution in [0.3, 0.4) is 0 Å². The van der Waals surface area contributed by atoms with E-state index in [2.05, 4.69) is 10.4 Å². The van der Waals surface area contributed by atoms with Crippen LogP contribution in [0.5, 0.6) is 0 Å². The number of carbonyl (C=O) groups is 1. The highest BCUT2D eigenvalue weighted by atomic mass is 35.5. The summed E-state index contributed by atoms with van der Waals surface area (Å²) in [6.45, 7) is 0.0626. The number of amides is 1. The fourth-order valence-electron chi connectivity index (χ4n) is 2.88. The Kier molecular flexibility index (Phi) is 6.06. The van der Waals surface area contributed by atoms with Crippen LogP contribution in [-0.4, -0.2) is 27.2 Å². The normalized spacial score (nSPS) is 11.3. The summed E-state index contributed by atoms with van der Waals surface area (Å²) in [5.74, 6) is -0.991. The summed E-state index contributed by atoms with van der Waals surface area (Å²) >= 11 is 5.88. The van der Waals surface area contributed by atoms with E-state index in [9.17, 15) is 28.1 Å². The summed E-state index contributed by atoms with van der Waals surface area (Å²) in [6.07, 6.45) is -3.87. The second-order valence-electron chi connectivity index (χ2n) is 6.20. The van der Waals surface area contributed by atoms with Gasteiger partial charge in [0.25, 0.3) is 11.6 Å². The van der Waals surface area contributed by atoms with Crippen molar-refractivity contribution in [3.63, 3.8) is 0 Å². The first-order valence-electron chi connectivity index (χ1n) is 8.60. The molecule has 0 aliphatic heterocycles. The molecule has 0 bridgehead atoms. The second kappa shape index (κ2) is 8.54. The Hall–Kier alpha value is -3.40. The molecule has 3 rings (SSSR count). The largest absolute Gasteiger partial charge is 0.434 e. The van der Waals surface area contributed by atoms with E-state index in [1.807, 2.05) is 0 Å². The molecule has 0 saturated carbocycles. The van der Waals surface area contributed by atoms with Crippen LogP contribution in [0, 0.1) is 10.1 Å². The Morgan fingerprint density at radius 3 is 2.60 bits per heavy atom. The summed E-state index contributed by atoms with van der Waals surface area (Å²) in [6, 6.07) is 11.7. The van der Waals surface area contributed by atoms with E-state index in [1.54, 1.807) is 24.3 Å². The summed E-state index contributed by atoms with van der Waals surface area (Å²) in [4.78, 5) is 22.8. The highest BCUT2D eigenvalue weighted by molar-refractivity contribution is 6.30. The van der Waals surface area contributed by atoms with Crippen molar-refractivity contribution in [2.24, 2.45) is 0 Å². The lowest BCUT2D eigenvalue weighted by Gasteiger charge is -2.13. The molecule has 0 spiro atoms. The molecule has 0 aliphatic rings. The molecule has 0 radical (unpaired) electrons. The lowest BCUT2D eigenvalue weighted by Crippen LogP contribution is -2.28. The van der Waals surface area contributed by atoms with Crippen molar-refractivity contribution in [3.8, 4) is 5.69 Å². The Morgan fingerprint density at radius 1 is 1.20 bits per heavy atom. The molecule has 30 heavy (non-hydrogen) atoms. The summed E-state index contributed by atoms with van der Waals surface area (Å²) in [7, 11) is 0. The van der Waals surface area contributed by atoms with Gasteiger partial charge in [-0.2, -0.15) is 18.3 Å². The molecule has 3 aromatic rings.